The molecule has 0 atom stereocenters. The van der Waals surface area contributed by atoms with Crippen LogP contribution in [0.4, 0.5) is 8.78 Å². The smallest absolute Gasteiger partial charge is 0.428 e. The third-order valence-corrected chi connectivity index (χ3v) is 11.9. The average Bonchev–Trinajstić information content (AvgIpc) is 3.00. The molecule has 0 heterocycles. The quantitative estimate of drug-likeness (QED) is 0.163. The van der Waals surface area contributed by atoms with E-state index < -0.39 is 39.5 Å². The van der Waals surface area contributed by atoms with Gasteiger partial charge in [-0.1, -0.05) is 54.6 Å². The highest BCUT2D eigenvalue weighted by Gasteiger charge is 2.57. The molecule has 4 aliphatic carbocycles. The summed E-state index contributed by atoms with van der Waals surface area (Å²) >= 11 is 0. The Morgan fingerprint density at radius 1 is 0.795 bits per heavy atom. The van der Waals surface area contributed by atoms with Crippen molar-refractivity contribution in [3.8, 4) is 0 Å². The van der Waals surface area contributed by atoms with E-state index in [1.54, 1.807) is 0 Å². The number of esters is 2. The van der Waals surface area contributed by atoms with E-state index in [2.05, 4.69) is 95.7 Å². The van der Waals surface area contributed by atoms with Gasteiger partial charge in [0.25, 0.3) is 0 Å². The molecule has 0 amide bonds. The molecular formula is C33H34F2O7S2. The average molecular weight is 645 g/mol. The Morgan fingerprint density at radius 2 is 1.18 bits per heavy atom. The topological polar surface area (TPSA) is 110 Å². The minimum atomic E-state index is -6.21. The summed E-state index contributed by atoms with van der Waals surface area (Å²) in [5.74, 6) is -1.96. The first-order chi connectivity index (χ1) is 20.9. The van der Waals surface area contributed by atoms with Gasteiger partial charge in [0.05, 0.1) is 10.9 Å². The van der Waals surface area contributed by atoms with Crippen LogP contribution in [-0.4, -0.2) is 42.4 Å². The van der Waals surface area contributed by atoms with Gasteiger partial charge in [0, 0.05) is 0 Å². The Labute approximate surface area is 259 Å². The number of carbonyl (C=O) groups is 2. The Hall–Kier alpha value is -3.28. The molecule has 11 heteroatoms. The van der Waals surface area contributed by atoms with Gasteiger partial charge in [0.2, 0.25) is 0 Å². The molecule has 44 heavy (non-hydrogen) atoms. The van der Waals surface area contributed by atoms with Gasteiger partial charge in [0.1, 0.15) is 5.60 Å². The minimum Gasteiger partial charge on any atom is -0.743 e. The summed E-state index contributed by atoms with van der Waals surface area (Å²) in [6, 6.07) is 32.2. The van der Waals surface area contributed by atoms with Crippen LogP contribution in [-0.2, 0) is 40.1 Å². The van der Waals surface area contributed by atoms with Crippen LogP contribution in [0.1, 0.15) is 39.0 Å². The Bertz CT molecular complexity index is 1430. The van der Waals surface area contributed by atoms with Crippen LogP contribution in [0, 0.1) is 23.7 Å². The molecule has 234 valence electrons. The standard InChI is InChI=1S/C18H15S.C15H20F2O7S/c1-4-10-16(11-5-1)19(17-12-6-2-7-13-17)18-14-8-3-9-15-18;1-14(10-3-8-2-9(5-10)6-11(14)4-8)24-12(18)7-23-13(19)15(16,17)25(20,21)22/h1-15H;8-11H,2-7H2,1H3,(H,20,21,22)/q+1;/p-1. The monoisotopic (exact) mass is 644 g/mol. The molecule has 4 aliphatic rings. The largest absolute Gasteiger partial charge is 0.743 e. The van der Waals surface area contributed by atoms with Gasteiger partial charge in [-0.25, -0.2) is 18.0 Å². The Balaban J connectivity index is 0.000000181. The zero-order valence-corrected chi connectivity index (χ0v) is 25.8. The molecule has 4 fully saturated rings. The molecule has 4 bridgehead atoms. The van der Waals surface area contributed by atoms with Gasteiger partial charge in [0.15, 0.2) is 31.4 Å². The van der Waals surface area contributed by atoms with Gasteiger partial charge in [-0.3, -0.25) is 0 Å². The highest BCUT2D eigenvalue weighted by atomic mass is 32.2. The van der Waals surface area contributed by atoms with Crippen molar-refractivity contribution in [3.63, 3.8) is 0 Å². The maximum atomic E-state index is 13.0. The molecule has 0 aliphatic heterocycles. The van der Waals surface area contributed by atoms with E-state index in [1.165, 1.54) is 21.1 Å². The van der Waals surface area contributed by atoms with Gasteiger partial charge >= 0.3 is 17.2 Å². The van der Waals surface area contributed by atoms with Crippen molar-refractivity contribution in [2.75, 3.05) is 6.61 Å². The first kappa shape index (κ1) is 32.1. The highest BCUT2D eigenvalue weighted by molar-refractivity contribution is 7.97. The number of halogens is 2. The number of benzene rings is 3. The Kier molecular flexibility index (Phi) is 9.48. The first-order valence-electron chi connectivity index (χ1n) is 14.5. The lowest BCUT2D eigenvalue weighted by Crippen LogP contribution is -2.58. The molecule has 4 saturated carbocycles. The molecule has 3 aromatic rings. The van der Waals surface area contributed by atoms with Crippen molar-refractivity contribution in [1.82, 2.24) is 0 Å². The fraction of sp³-hybridized carbons (Fsp3) is 0.394. The van der Waals surface area contributed by atoms with Crippen LogP contribution in [0.5, 0.6) is 0 Å². The predicted octanol–water partition coefficient (Wildman–Crippen LogP) is 6.21. The third kappa shape index (κ3) is 6.84. The number of carbonyl (C=O) groups excluding carboxylic acids is 2. The van der Waals surface area contributed by atoms with Crippen molar-refractivity contribution in [3.05, 3.63) is 91.0 Å². The first-order valence-corrected chi connectivity index (χ1v) is 17.1. The van der Waals surface area contributed by atoms with Crippen molar-refractivity contribution in [1.29, 1.82) is 0 Å². The summed E-state index contributed by atoms with van der Waals surface area (Å²) < 4.78 is 66.6. The molecule has 0 unspecified atom stereocenters. The predicted molar refractivity (Wildman–Crippen MR) is 159 cm³/mol. The lowest BCUT2D eigenvalue weighted by Gasteiger charge is -2.59. The lowest BCUT2D eigenvalue weighted by atomic mass is 9.50. The van der Waals surface area contributed by atoms with Crippen LogP contribution in [0.15, 0.2) is 106 Å². The SMILES string of the molecule is CC1(OC(=O)COC(=O)C(F)(F)S(=O)(=O)[O-])C2CC3CC(C2)CC1C3.c1ccc([S+](c2ccccc2)c2ccccc2)cc1. The molecule has 3 aromatic carbocycles. The zero-order chi connectivity index (χ0) is 31.5. The lowest BCUT2D eigenvalue weighted by molar-refractivity contribution is -0.208. The minimum absolute atomic E-state index is 0.0146. The molecule has 7 nitrogen and oxygen atoms in total. The molecule has 0 N–H and O–H groups in total. The van der Waals surface area contributed by atoms with Crippen LogP contribution in [0.25, 0.3) is 0 Å². The van der Waals surface area contributed by atoms with E-state index in [1.807, 2.05) is 6.92 Å². The normalized spacial score (nSPS) is 25.6. The van der Waals surface area contributed by atoms with Crippen LogP contribution < -0.4 is 0 Å². The Morgan fingerprint density at radius 3 is 1.55 bits per heavy atom. The van der Waals surface area contributed by atoms with Gasteiger partial charge in [-0.15, -0.1) is 0 Å². The molecule has 7 rings (SSSR count). The number of alkyl halides is 2. The van der Waals surface area contributed by atoms with Crippen LogP contribution >= 0.6 is 0 Å². The zero-order valence-electron chi connectivity index (χ0n) is 24.1. The summed E-state index contributed by atoms with van der Waals surface area (Å²) in [4.78, 5) is 27.1. The van der Waals surface area contributed by atoms with E-state index in [4.69, 9.17) is 4.74 Å². The molecular weight excluding hydrogens is 610 g/mol. The van der Waals surface area contributed by atoms with Gasteiger partial charge in [-0.05, 0) is 99.1 Å². The highest BCUT2D eigenvalue weighted by Crippen LogP contribution is 2.59. The fourth-order valence-electron chi connectivity index (χ4n) is 6.95. The van der Waals surface area contributed by atoms with Gasteiger partial charge < -0.3 is 14.0 Å². The number of rotatable bonds is 8. The fourth-order valence-corrected chi connectivity index (χ4v) is 9.32. The van der Waals surface area contributed by atoms with Crippen molar-refractivity contribution in [2.45, 2.75) is 64.6 Å². The second-order valence-electron chi connectivity index (χ2n) is 11.8. The van der Waals surface area contributed by atoms with Crippen LogP contribution in [0.3, 0.4) is 0 Å². The van der Waals surface area contributed by atoms with E-state index in [-0.39, 0.29) is 22.7 Å². The molecule has 0 spiro atoms. The summed E-state index contributed by atoms with van der Waals surface area (Å²) in [7, 11) is -6.23. The maximum Gasteiger partial charge on any atom is 0.428 e. The second-order valence-corrected chi connectivity index (χ2v) is 15.2. The van der Waals surface area contributed by atoms with E-state index in [0.29, 0.717) is 11.8 Å². The number of hydrogen-bond acceptors (Lipinski definition) is 7. The summed E-state index contributed by atoms with van der Waals surface area (Å²) in [6.07, 6.45) is 4.99. The van der Waals surface area contributed by atoms with Gasteiger partial charge in [-0.2, -0.15) is 8.78 Å². The summed E-state index contributed by atoms with van der Waals surface area (Å²) in [5, 5.41) is -5.24. The molecule has 0 aromatic heterocycles. The summed E-state index contributed by atoms with van der Waals surface area (Å²) in [5.41, 5.74) is -0.732. The van der Waals surface area contributed by atoms with Crippen molar-refractivity contribution < 1.29 is 40.8 Å². The third-order valence-electron chi connectivity index (χ3n) is 8.90. The maximum absolute atomic E-state index is 13.0. The van der Waals surface area contributed by atoms with E-state index in [0.717, 1.165) is 25.7 Å². The van der Waals surface area contributed by atoms with E-state index in [9.17, 15) is 31.3 Å². The van der Waals surface area contributed by atoms with Crippen LogP contribution in [0.2, 0.25) is 0 Å². The number of hydrogen-bond donors (Lipinski definition) is 0. The summed E-state index contributed by atoms with van der Waals surface area (Å²) in [6.45, 7) is 0.655. The van der Waals surface area contributed by atoms with E-state index >= 15 is 0 Å². The second kappa shape index (κ2) is 13.0. The molecule has 0 radical (unpaired) electrons. The number of ether oxygens (including phenoxy) is 2. The molecule has 0 saturated heterocycles. The van der Waals surface area contributed by atoms with Crippen molar-refractivity contribution >= 4 is 33.0 Å². The van der Waals surface area contributed by atoms with Crippen molar-refractivity contribution in [2.24, 2.45) is 23.7 Å².